The molecule has 0 saturated carbocycles. The van der Waals surface area contributed by atoms with Crippen molar-refractivity contribution in [1.82, 2.24) is 0 Å². The highest BCUT2D eigenvalue weighted by molar-refractivity contribution is 5.93. The zero-order chi connectivity index (χ0) is 13.0. The highest BCUT2D eigenvalue weighted by Crippen LogP contribution is 2.36. The predicted octanol–water partition coefficient (Wildman–Crippen LogP) is 2.37. The number of nitrogens with one attached hydrogen (secondary N) is 1. The summed E-state index contributed by atoms with van der Waals surface area (Å²) in [5.41, 5.74) is 0.895. The topological polar surface area (TPSA) is 67.8 Å². The van der Waals surface area contributed by atoms with Crippen molar-refractivity contribution in [2.75, 3.05) is 25.1 Å². The first-order valence-corrected chi connectivity index (χ1v) is 6.13. The number of ether oxygens (including phenoxy) is 2. The van der Waals surface area contributed by atoms with Crippen LogP contribution in [0.2, 0.25) is 0 Å². The van der Waals surface area contributed by atoms with E-state index in [2.05, 4.69) is 5.32 Å². The van der Waals surface area contributed by atoms with E-state index in [-0.39, 0.29) is 5.56 Å². The second-order valence-electron chi connectivity index (χ2n) is 4.13. The average molecular weight is 251 g/mol. The van der Waals surface area contributed by atoms with E-state index < -0.39 is 5.97 Å². The van der Waals surface area contributed by atoms with Crippen molar-refractivity contribution >= 4 is 11.7 Å². The second kappa shape index (κ2) is 5.62. The number of carbonyl (C=O) groups is 1. The molecular weight excluding hydrogens is 234 g/mol. The van der Waals surface area contributed by atoms with Gasteiger partial charge in [-0.05, 0) is 12.5 Å². The van der Waals surface area contributed by atoms with Crippen molar-refractivity contribution < 1.29 is 19.4 Å². The smallest absolute Gasteiger partial charge is 0.339 e. The van der Waals surface area contributed by atoms with Gasteiger partial charge < -0.3 is 19.9 Å². The van der Waals surface area contributed by atoms with E-state index in [4.69, 9.17) is 9.47 Å². The number of hydrogen-bond acceptors (Lipinski definition) is 4. The minimum absolute atomic E-state index is 0.146. The number of aromatic carboxylic acids is 1. The van der Waals surface area contributed by atoms with Crippen molar-refractivity contribution in [3.8, 4) is 11.5 Å². The summed E-state index contributed by atoms with van der Waals surface area (Å²) in [5, 5.41) is 12.4. The van der Waals surface area contributed by atoms with Gasteiger partial charge >= 0.3 is 5.97 Å². The van der Waals surface area contributed by atoms with E-state index in [0.717, 1.165) is 25.1 Å². The Morgan fingerprint density at radius 3 is 2.89 bits per heavy atom. The molecule has 0 saturated heterocycles. The summed E-state index contributed by atoms with van der Waals surface area (Å²) in [6.45, 7) is 3.87. The Morgan fingerprint density at radius 2 is 2.17 bits per heavy atom. The third-order valence-corrected chi connectivity index (χ3v) is 2.66. The highest BCUT2D eigenvalue weighted by Gasteiger charge is 2.20. The molecule has 0 amide bonds. The van der Waals surface area contributed by atoms with Crippen molar-refractivity contribution in [3.05, 3.63) is 17.7 Å². The summed E-state index contributed by atoms with van der Waals surface area (Å²) in [6, 6.07) is 3.38. The van der Waals surface area contributed by atoms with Crippen LogP contribution in [0.1, 0.15) is 30.1 Å². The number of benzene rings is 1. The molecule has 0 spiro atoms. The zero-order valence-corrected chi connectivity index (χ0v) is 10.4. The normalized spacial score (nSPS) is 13.8. The fourth-order valence-electron chi connectivity index (χ4n) is 1.80. The number of anilines is 1. The maximum atomic E-state index is 11.2. The lowest BCUT2D eigenvalue weighted by Gasteiger charge is -2.13. The Labute approximate surface area is 106 Å². The standard InChI is InChI=1S/C13H17NO4/c1-2-4-14-9-7-10(13(15)16)12-11(8-9)17-5-3-6-18-12/h7-8,14H,2-6H2,1H3,(H,15,16). The van der Waals surface area contributed by atoms with Crippen LogP contribution < -0.4 is 14.8 Å². The summed E-state index contributed by atoms with van der Waals surface area (Å²) in [4.78, 5) is 11.2. The van der Waals surface area contributed by atoms with Gasteiger partial charge in [0.1, 0.15) is 5.56 Å². The molecule has 1 aromatic rings. The number of fused-ring (bicyclic) bond motifs is 1. The van der Waals surface area contributed by atoms with E-state index >= 15 is 0 Å². The van der Waals surface area contributed by atoms with Gasteiger partial charge in [-0.15, -0.1) is 0 Å². The number of hydrogen-bond donors (Lipinski definition) is 2. The Kier molecular flexibility index (Phi) is 3.92. The van der Waals surface area contributed by atoms with Crippen molar-refractivity contribution in [3.63, 3.8) is 0 Å². The van der Waals surface area contributed by atoms with Gasteiger partial charge in [-0.1, -0.05) is 6.92 Å². The molecule has 0 atom stereocenters. The van der Waals surface area contributed by atoms with Gasteiger partial charge in [0.15, 0.2) is 11.5 Å². The molecule has 1 aromatic carbocycles. The summed E-state index contributed by atoms with van der Waals surface area (Å²) in [6.07, 6.45) is 1.72. The molecule has 2 N–H and O–H groups in total. The third kappa shape index (κ3) is 2.67. The Balaban J connectivity index is 2.39. The van der Waals surface area contributed by atoms with Crippen LogP contribution in [0.3, 0.4) is 0 Å². The zero-order valence-electron chi connectivity index (χ0n) is 10.4. The molecule has 0 bridgehead atoms. The molecule has 0 aliphatic carbocycles. The largest absolute Gasteiger partial charge is 0.489 e. The van der Waals surface area contributed by atoms with Crippen molar-refractivity contribution in [2.24, 2.45) is 0 Å². The first-order chi connectivity index (χ1) is 8.72. The molecular formula is C13H17NO4. The second-order valence-corrected chi connectivity index (χ2v) is 4.13. The quantitative estimate of drug-likeness (QED) is 0.859. The number of rotatable bonds is 4. The summed E-state index contributed by atoms with van der Waals surface area (Å²) in [5.74, 6) is -0.162. The molecule has 0 radical (unpaired) electrons. The van der Waals surface area contributed by atoms with Gasteiger partial charge in [0.05, 0.1) is 13.2 Å². The predicted molar refractivity (Wildman–Crippen MR) is 67.8 cm³/mol. The summed E-state index contributed by atoms with van der Waals surface area (Å²) >= 11 is 0. The monoisotopic (exact) mass is 251 g/mol. The van der Waals surface area contributed by atoms with Crippen LogP contribution in [-0.2, 0) is 0 Å². The van der Waals surface area contributed by atoms with Crippen LogP contribution in [0.15, 0.2) is 12.1 Å². The minimum Gasteiger partial charge on any atom is -0.489 e. The number of carboxylic acid groups (broad SMARTS) is 1. The van der Waals surface area contributed by atoms with E-state index in [9.17, 15) is 9.90 Å². The third-order valence-electron chi connectivity index (χ3n) is 2.66. The van der Waals surface area contributed by atoms with Crippen LogP contribution in [-0.4, -0.2) is 30.8 Å². The van der Waals surface area contributed by atoms with Gasteiger partial charge in [0.25, 0.3) is 0 Å². The Hall–Kier alpha value is -1.91. The molecule has 0 aromatic heterocycles. The van der Waals surface area contributed by atoms with E-state index in [1.165, 1.54) is 0 Å². The molecule has 5 nitrogen and oxygen atoms in total. The number of carboxylic acids is 1. The Morgan fingerprint density at radius 1 is 1.39 bits per heavy atom. The van der Waals surface area contributed by atoms with E-state index in [1.54, 1.807) is 12.1 Å². The molecule has 98 valence electrons. The molecule has 1 heterocycles. The summed E-state index contributed by atoms with van der Waals surface area (Å²) < 4.78 is 11.0. The van der Waals surface area contributed by atoms with E-state index in [1.807, 2.05) is 6.92 Å². The van der Waals surface area contributed by atoms with Crippen LogP contribution in [0, 0.1) is 0 Å². The first-order valence-electron chi connectivity index (χ1n) is 6.13. The van der Waals surface area contributed by atoms with Crippen LogP contribution in [0.25, 0.3) is 0 Å². The van der Waals surface area contributed by atoms with Gasteiger partial charge in [0, 0.05) is 24.7 Å². The molecule has 1 aliphatic heterocycles. The van der Waals surface area contributed by atoms with Gasteiger partial charge in [-0.25, -0.2) is 4.79 Å². The fraction of sp³-hybridized carbons (Fsp3) is 0.462. The lowest BCUT2D eigenvalue weighted by Crippen LogP contribution is -2.06. The summed E-state index contributed by atoms with van der Waals surface area (Å²) in [7, 11) is 0. The maximum absolute atomic E-state index is 11.2. The van der Waals surface area contributed by atoms with Crippen molar-refractivity contribution in [1.29, 1.82) is 0 Å². The highest BCUT2D eigenvalue weighted by atomic mass is 16.5. The van der Waals surface area contributed by atoms with Crippen LogP contribution in [0.5, 0.6) is 11.5 Å². The van der Waals surface area contributed by atoms with Crippen LogP contribution in [0.4, 0.5) is 5.69 Å². The first kappa shape index (κ1) is 12.5. The van der Waals surface area contributed by atoms with Gasteiger partial charge in [0.2, 0.25) is 0 Å². The average Bonchev–Trinajstić information content (AvgIpc) is 2.60. The SMILES string of the molecule is CCCNc1cc2c(c(C(=O)O)c1)OCCCO2. The fourth-order valence-corrected chi connectivity index (χ4v) is 1.80. The van der Waals surface area contributed by atoms with Gasteiger partial charge in [-0.3, -0.25) is 0 Å². The molecule has 2 rings (SSSR count). The minimum atomic E-state index is -1.00. The van der Waals surface area contributed by atoms with Crippen molar-refractivity contribution in [2.45, 2.75) is 19.8 Å². The lowest BCUT2D eigenvalue weighted by atomic mass is 10.1. The Bertz CT molecular complexity index is 445. The molecule has 18 heavy (non-hydrogen) atoms. The molecule has 0 unspecified atom stereocenters. The maximum Gasteiger partial charge on any atom is 0.339 e. The molecule has 0 fully saturated rings. The van der Waals surface area contributed by atoms with E-state index in [0.29, 0.717) is 24.7 Å². The van der Waals surface area contributed by atoms with Crippen LogP contribution >= 0.6 is 0 Å². The molecule has 5 heteroatoms. The lowest BCUT2D eigenvalue weighted by molar-refractivity contribution is 0.0692. The van der Waals surface area contributed by atoms with Gasteiger partial charge in [-0.2, -0.15) is 0 Å². The molecule has 1 aliphatic rings.